The zero-order valence-electron chi connectivity index (χ0n) is 11.4. The lowest BCUT2D eigenvalue weighted by atomic mass is 10.3. The van der Waals surface area contributed by atoms with Crippen molar-refractivity contribution in [2.45, 2.75) is 33.6 Å². The summed E-state index contributed by atoms with van der Waals surface area (Å²) in [7, 11) is 0. The van der Waals surface area contributed by atoms with E-state index in [1.54, 1.807) is 0 Å². The van der Waals surface area contributed by atoms with E-state index in [0.29, 0.717) is 12.4 Å². The van der Waals surface area contributed by atoms with Crippen LogP contribution in [0.5, 0.6) is 0 Å². The molecule has 8 heteroatoms. The molecule has 0 bridgehead atoms. The number of hydrogen-bond donors (Lipinski definition) is 3. The first-order valence-electron chi connectivity index (χ1n) is 5.86. The van der Waals surface area contributed by atoms with E-state index in [9.17, 15) is 0 Å². The van der Waals surface area contributed by atoms with Crippen LogP contribution in [0, 0.1) is 19.3 Å². The van der Waals surface area contributed by atoms with E-state index < -0.39 is 0 Å². The van der Waals surface area contributed by atoms with Crippen LogP contribution < -0.4 is 11.5 Å². The van der Waals surface area contributed by atoms with Gasteiger partial charge in [-0.1, -0.05) is 18.5 Å². The lowest BCUT2D eigenvalue weighted by Gasteiger charge is -2.20. The maximum Gasteiger partial charge on any atom is 0.256 e. The Balaban J connectivity index is 0.00000324. The number of aromatic nitrogens is 1. The van der Waals surface area contributed by atoms with Crippen molar-refractivity contribution in [3.05, 3.63) is 11.3 Å². The predicted molar refractivity (Wildman–Crippen MR) is 78.0 cm³/mol. The number of nitrogens with two attached hydrogens (primary N) is 2. The molecule has 7 nitrogen and oxygen atoms in total. The summed E-state index contributed by atoms with van der Waals surface area (Å²) in [6.07, 6.45) is 1.86. The summed E-state index contributed by atoms with van der Waals surface area (Å²) in [4.78, 5) is 5.57. The molecule has 0 aliphatic heterocycles. The normalized spacial score (nSPS) is 11.0. The summed E-state index contributed by atoms with van der Waals surface area (Å²) in [5, 5.41) is 11.3. The van der Waals surface area contributed by atoms with Gasteiger partial charge in [0.2, 0.25) is 5.96 Å². The minimum Gasteiger partial charge on any atom is -0.370 e. The molecule has 5 N–H and O–H groups in total. The molecule has 1 aromatic heterocycles. The molecule has 0 saturated heterocycles. The highest BCUT2D eigenvalue weighted by Crippen LogP contribution is 2.20. The van der Waals surface area contributed by atoms with E-state index in [1.165, 1.54) is 4.90 Å². The first-order chi connectivity index (χ1) is 8.47. The molecule has 1 rings (SSSR count). The summed E-state index contributed by atoms with van der Waals surface area (Å²) in [5.74, 6) is 0.376. The number of rotatable bonds is 4. The fraction of sp³-hybridized carbons (Fsp3) is 0.545. The minimum absolute atomic E-state index is 0. The molecule has 0 spiro atoms. The van der Waals surface area contributed by atoms with Crippen molar-refractivity contribution >= 4 is 30.2 Å². The van der Waals surface area contributed by atoms with Crippen molar-refractivity contribution in [1.29, 1.82) is 5.41 Å². The van der Waals surface area contributed by atoms with Crippen molar-refractivity contribution in [2.24, 2.45) is 16.5 Å². The second-order valence-electron chi connectivity index (χ2n) is 4.06. The quantitative estimate of drug-likeness (QED) is 0.575. The maximum absolute atomic E-state index is 7.48. The molecule has 0 amide bonds. The van der Waals surface area contributed by atoms with Crippen LogP contribution in [0.3, 0.4) is 0 Å². The van der Waals surface area contributed by atoms with Crippen molar-refractivity contribution in [1.82, 2.24) is 10.1 Å². The lowest BCUT2D eigenvalue weighted by Crippen LogP contribution is -2.45. The number of unbranched alkanes of at least 4 members (excludes halogenated alkanes) is 1. The highest BCUT2D eigenvalue weighted by atomic mass is 35.5. The van der Waals surface area contributed by atoms with Gasteiger partial charge in [0, 0.05) is 12.1 Å². The fourth-order valence-electron chi connectivity index (χ4n) is 1.35. The predicted octanol–water partition coefficient (Wildman–Crippen LogP) is 1.66. The molecule has 0 unspecified atom stereocenters. The standard InChI is InChI=1S/C11H20N6O.ClH/c1-4-5-6-17(10(12)13)11(14)15-9-7(2)8(3)16-18-9;/h4-6H2,1-3H3,(H3,12,13)(H2,14,15);1H. The van der Waals surface area contributed by atoms with Crippen molar-refractivity contribution in [2.75, 3.05) is 6.54 Å². The molecule has 0 saturated carbocycles. The Morgan fingerprint density at radius 2 is 2.05 bits per heavy atom. The van der Waals surface area contributed by atoms with Crippen molar-refractivity contribution in [3.63, 3.8) is 0 Å². The van der Waals surface area contributed by atoms with Crippen LogP contribution in [-0.4, -0.2) is 28.5 Å². The number of guanidine groups is 2. The number of nitrogens with one attached hydrogen (secondary N) is 1. The van der Waals surface area contributed by atoms with Gasteiger partial charge in [-0.15, -0.1) is 12.4 Å². The Morgan fingerprint density at radius 3 is 2.47 bits per heavy atom. The zero-order valence-corrected chi connectivity index (χ0v) is 12.3. The van der Waals surface area contributed by atoms with Crippen molar-refractivity contribution < 1.29 is 4.52 Å². The van der Waals surface area contributed by atoms with Gasteiger partial charge in [0.05, 0.1) is 5.69 Å². The van der Waals surface area contributed by atoms with Gasteiger partial charge >= 0.3 is 0 Å². The SMILES string of the molecule is CCCCN(C(=N)N)/C(N)=N/c1onc(C)c1C.Cl. The van der Waals surface area contributed by atoms with E-state index in [-0.39, 0.29) is 24.3 Å². The largest absolute Gasteiger partial charge is 0.370 e. The average molecular weight is 289 g/mol. The third-order valence-electron chi connectivity index (χ3n) is 2.65. The number of nitrogens with zero attached hydrogens (tertiary/aromatic N) is 3. The molecule has 0 fully saturated rings. The number of halogens is 1. The maximum atomic E-state index is 7.48. The Hall–Kier alpha value is -1.76. The third-order valence-corrected chi connectivity index (χ3v) is 2.65. The molecule has 1 aromatic rings. The van der Waals surface area contributed by atoms with Gasteiger partial charge in [-0.05, 0) is 20.3 Å². The molecule has 19 heavy (non-hydrogen) atoms. The van der Waals surface area contributed by atoms with E-state index in [4.69, 9.17) is 21.4 Å². The third kappa shape index (κ3) is 4.44. The smallest absolute Gasteiger partial charge is 0.256 e. The molecular weight excluding hydrogens is 268 g/mol. The minimum atomic E-state index is -0.126. The van der Waals surface area contributed by atoms with Gasteiger partial charge in [-0.25, -0.2) is 0 Å². The van der Waals surface area contributed by atoms with Crippen LogP contribution >= 0.6 is 12.4 Å². The molecule has 0 aromatic carbocycles. The van der Waals surface area contributed by atoms with Gasteiger partial charge in [0.15, 0.2) is 5.96 Å². The van der Waals surface area contributed by atoms with Crippen LogP contribution in [0.1, 0.15) is 31.0 Å². The molecule has 0 atom stereocenters. The summed E-state index contributed by atoms with van der Waals surface area (Å²) < 4.78 is 5.04. The summed E-state index contributed by atoms with van der Waals surface area (Å²) in [6.45, 7) is 6.29. The van der Waals surface area contributed by atoms with E-state index in [1.807, 2.05) is 13.8 Å². The first-order valence-corrected chi connectivity index (χ1v) is 5.86. The van der Waals surface area contributed by atoms with Crippen LogP contribution in [0.25, 0.3) is 0 Å². The van der Waals surface area contributed by atoms with Crippen LogP contribution in [0.2, 0.25) is 0 Å². The van der Waals surface area contributed by atoms with Crippen LogP contribution in [0.15, 0.2) is 9.52 Å². The van der Waals surface area contributed by atoms with Gasteiger partial charge in [-0.2, -0.15) is 4.99 Å². The Morgan fingerprint density at radius 1 is 1.42 bits per heavy atom. The molecule has 0 radical (unpaired) electrons. The highest BCUT2D eigenvalue weighted by Gasteiger charge is 2.13. The Bertz CT molecular complexity index is 456. The van der Waals surface area contributed by atoms with E-state index in [2.05, 4.69) is 17.1 Å². The number of aryl methyl sites for hydroxylation is 1. The zero-order chi connectivity index (χ0) is 13.7. The molecule has 0 aliphatic carbocycles. The lowest BCUT2D eigenvalue weighted by molar-refractivity contribution is 0.423. The summed E-state index contributed by atoms with van der Waals surface area (Å²) in [6, 6.07) is 0. The van der Waals surface area contributed by atoms with E-state index in [0.717, 1.165) is 24.1 Å². The van der Waals surface area contributed by atoms with Gasteiger partial charge in [-0.3, -0.25) is 10.3 Å². The molecule has 0 aliphatic rings. The van der Waals surface area contributed by atoms with Crippen molar-refractivity contribution in [3.8, 4) is 0 Å². The highest BCUT2D eigenvalue weighted by molar-refractivity contribution is 5.96. The number of hydrogen-bond acceptors (Lipinski definition) is 4. The molecular formula is C11H21ClN6O. The second kappa shape index (κ2) is 7.63. The van der Waals surface area contributed by atoms with E-state index >= 15 is 0 Å². The molecule has 108 valence electrons. The molecule has 1 heterocycles. The van der Waals surface area contributed by atoms with Gasteiger partial charge in [0.25, 0.3) is 5.88 Å². The number of aliphatic imine (C=N–C) groups is 1. The van der Waals surface area contributed by atoms with Gasteiger partial charge in [0.1, 0.15) is 0 Å². The Labute approximate surface area is 118 Å². The Kier molecular flexibility index (Phi) is 6.92. The van der Waals surface area contributed by atoms with Gasteiger partial charge < -0.3 is 16.0 Å². The second-order valence-corrected chi connectivity index (χ2v) is 4.06. The summed E-state index contributed by atoms with van der Waals surface area (Å²) >= 11 is 0. The first kappa shape index (κ1) is 17.2. The fourth-order valence-corrected chi connectivity index (χ4v) is 1.35. The van der Waals surface area contributed by atoms with Crippen LogP contribution in [-0.2, 0) is 0 Å². The summed E-state index contributed by atoms with van der Waals surface area (Å²) in [5.41, 5.74) is 12.9. The van der Waals surface area contributed by atoms with Crippen LogP contribution in [0.4, 0.5) is 5.88 Å². The average Bonchev–Trinajstić information content (AvgIpc) is 2.61. The topological polar surface area (TPSA) is 118 Å². The monoisotopic (exact) mass is 288 g/mol.